The first-order valence-corrected chi connectivity index (χ1v) is 11.3. The molecule has 0 spiro atoms. The average Bonchev–Trinajstić information content (AvgIpc) is 2.77. The number of likely N-dealkylation sites (tertiary alicyclic amines) is 1. The van der Waals surface area contributed by atoms with Crippen LogP contribution in [-0.4, -0.2) is 69.1 Å². The van der Waals surface area contributed by atoms with Gasteiger partial charge in [0.15, 0.2) is 5.96 Å². The van der Waals surface area contributed by atoms with Crippen LogP contribution in [0, 0.1) is 0 Å². The lowest BCUT2D eigenvalue weighted by molar-refractivity contribution is -0.0721. The van der Waals surface area contributed by atoms with E-state index in [2.05, 4.69) is 17.1 Å². The van der Waals surface area contributed by atoms with Crippen LogP contribution in [0.3, 0.4) is 0 Å². The standard InChI is InChI=1S/C22H34ClN3O3.HI/c1-2-24-22(25-12-16-28-19-8-6-18(23)7-9-19)26-13-10-20(11-14-26)29-17-21-5-3-4-15-27-21;/h6-9,20-21H,2-5,10-17H2,1H3,(H,24,25);1H. The molecule has 8 heteroatoms. The Labute approximate surface area is 202 Å². The van der Waals surface area contributed by atoms with E-state index in [9.17, 15) is 0 Å². The molecule has 1 N–H and O–H groups in total. The number of rotatable bonds is 8. The van der Waals surface area contributed by atoms with E-state index in [1.54, 1.807) is 0 Å². The molecule has 0 amide bonds. The van der Waals surface area contributed by atoms with Gasteiger partial charge in [-0.15, -0.1) is 24.0 Å². The van der Waals surface area contributed by atoms with Crippen molar-refractivity contribution in [2.45, 2.75) is 51.2 Å². The summed E-state index contributed by atoms with van der Waals surface area (Å²) >= 11 is 5.90. The van der Waals surface area contributed by atoms with Crippen LogP contribution in [0.25, 0.3) is 0 Å². The van der Waals surface area contributed by atoms with Gasteiger partial charge in [-0.1, -0.05) is 11.6 Å². The van der Waals surface area contributed by atoms with Gasteiger partial charge >= 0.3 is 0 Å². The maximum Gasteiger partial charge on any atom is 0.194 e. The van der Waals surface area contributed by atoms with Crippen LogP contribution in [0.1, 0.15) is 39.0 Å². The molecule has 2 fully saturated rings. The summed E-state index contributed by atoms with van der Waals surface area (Å²) in [5.74, 6) is 1.77. The molecule has 6 nitrogen and oxygen atoms in total. The SMILES string of the molecule is CCNC(=NCCOc1ccc(Cl)cc1)N1CCC(OCC2CCCCO2)CC1.I. The number of hydrogen-bond donors (Lipinski definition) is 1. The first kappa shape index (κ1) is 25.5. The van der Waals surface area contributed by atoms with Crippen molar-refractivity contribution in [3.05, 3.63) is 29.3 Å². The minimum absolute atomic E-state index is 0. The minimum Gasteiger partial charge on any atom is -0.492 e. The lowest BCUT2D eigenvalue weighted by Crippen LogP contribution is -2.47. The molecule has 1 unspecified atom stereocenters. The minimum atomic E-state index is 0. The Morgan fingerprint density at radius 3 is 2.63 bits per heavy atom. The second-order valence-electron chi connectivity index (χ2n) is 7.55. The summed E-state index contributed by atoms with van der Waals surface area (Å²) in [5.41, 5.74) is 0. The zero-order valence-corrected chi connectivity index (χ0v) is 20.9. The molecule has 2 saturated heterocycles. The smallest absolute Gasteiger partial charge is 0.194 e. The van der Waals surface area contributed by atoms with E-state index >= 15 is 0 Å². The Bertz CT molecular complexity index is 619. The molecule has 1 aromatic rings. The Morgan fingerprint density at radius 2 is 1.97 bits per heavy atom. The zero-order chi connectivity index (χ0) is 20.3. The van der Waals surface area contributed by atoms with Gasteiger partial charge in [0.2, 0.25) is 0 Å². The van der Waals surface area contributed by atoms with Gasteiger partial charge in [-0.2, -0.15) is 0 Å². The van der Waals surface area contributed by atoms with Gasteiger partial charge < -0.3 is 24.4 Å². The molecule has 170 valence electrons. The van der Waals surface area contributed by atoms with E-state index in [4.69, 9.17) is 30.8 Å². The number of ether oxygens (including phenoxy) is 3. The fraction of sp³-hybridized carbons (Fsp3) is 0.682. The maximum absolute atomic E-state index is 6.13. The number of nitrogens with one attached hydrogen (secondary N) is 1. The van der Waals surface area contributed by atoms with Gasteiger partial charge in [0.25, 0.3) is 0 Å². The number of benzene rings is 1. The van der Waals surface area contributed by atoms with Crippen LogP contribution in [0.15, 0.2) is 29.3 Å². The molecule has 0 aromatic heterocycles. The van der Waals surface area contributed by atoms with Crippen molar-refractivity contribution in [2.75, 3.05) is 46.0 Å². The van der Waals surface area contributed by atoms with Crippen molar-refractivity contribution in [2.24, 2.45) is 4.99 Å². The highest BCUT2D eigenvalue weighted by molar-refractivity contribution is 14.0. The summed E-state index contributed by atoms with van der Waals surface area (Å²) < 4.78 is 17.6. The fourth-order valence-electron chi connectivity index (χ4n) is 3.69. The van der Waals surface area contributed by atoms with E-state index in [1.165, 1.54) is 12.8 Å². The summed E-state index contributed by atoms with van der Waals surface area (Å²) in [4.78, 5) is 7.06. The first-order chi connectivity index (χ1) is 14.2. The Kier molecular flexibility index (Phi) is 12.2. The molecule has 2 aliphatic heterocycles. The van der Waals surface area contributed by atoms with E-state index in [0.717, 1.165) is 63.8 Å². The van der Waals surface area contributed by atoms with E-state index < -0.39 is 0 Å². The van der Waals surface area contributed by atoms with Crippen molar-refractivity contribution < 1.29 is 14.2 Å². The summed E-state index contributed by atoms with van der Waals surface area (Å²) in [6, 6.07) is 7.41. The summed E-state index contributed by atoms with van der Waals surface area (Å²) in [6.07, 6.45) is 6.25. The molecule has 2 aliphatic rings. The number of nitrogens with zero attached hydrogens (tertiary/aromatic N) is 2. The van der Waals surface area contributed by atoms with Gasteiger partial charge in [0, 0.05) is 31.3 Å². The highest BCUT2D eigenvalue weighted by Crippen LogP contribution is 2.18. The maximum atomic E-state index is 6.13. The molecule has 2 heterocycles. The molecule has 1 aromatic carbocycles. The highest BCUT2D eigenvalue weighted by Gasteiger charge is 2.23. The second-order valence-corrected chi connectivity index (χ2v) is 7.98. The lowest BCUT2D eigenvalue weighted by atomic mass is 10.1. The first-order valence-electron chi connectivity index (χ1n) is 10.9. The molecular formula is C22H35ClIN3O3. The summed E-state index contributed by atoms with van der Waals surface area (Å²) in [7, 11) is 0. The number of guanidine groups is 1. The molecule has 0 aliphatic carbocycles. The van der Waals surface area contributed by atoms with Gasteiger partial charge in [-0.3, -0.25) is 0 Å². The van der Waals surface area contributed by atoms with E-state index in [0.29, 0.717) is 30.4 Å². The molecule has 1 atom stereocenters. The van der Waals surface area contributed by atoms with Gasteiger partial charge in [-0.05, 0) is 63.3 Å². The molecule has 0 radical (unpaired) electrons. The van der Waals surface area contributed by atoms with Crippen molar-refractivity contribution >= 4 is 41.5 Å². The highest BCUT2D eigenvalue weighted by atomic mass is 127. The molecule has 3 rings (SSSR count). The number of hydrogen-bond acceptors (Lipinski definition) is 4. The predicted octanol–water partition coefficient (Wildman–Crippen LogP) is 4.35. The lowest BCUT2D eigenvalue weighted by Gasteiger charge is -2.35. The number of piperidine rings is 1. The average molecular weight is 552 g/mol. The van der Waals surface area contributed by atoms with Crippen LogP contribution in [0.4, 0.5) is 0 Å². The molecule has 30 heavy (non-hydrogen) atoms. The number of aliphatic imine (C=N–C) groups is 1. The summed E-state index contributed by atoms with van der Waals surface area (Å²) in [5, 5.41) is 4.11. The van der Waals surface area contributed by atoms with Crippen LogP contribution in [0.5, 0.6) is 5.75 Å². The zero-order valence-electron chi connectivity index (χ0n) is 17.9. The van der Waals surface area contributed by atoms with E-state index in [1.807, 2.05) is 24.3 Å². The van der Waals surface area contributed by atoms with E-state index in [-0.39, 0.29) is 24.0 Å². The number of halogens is 2. The molecule has 0 bridgehead atoms. The van der Waals surface area contributed by atoms with Gasteiger partial charge in [0.1, 0.15) is 12.4 Å². The fourth-order valence-corrected chi connectivity index (χ4v) is 3.81. The topological polar surface area (TPSA) is 55.3 Å². The van der Waals surface area contributed by atoms with Crippen molar-refractivity contribution in [1.29, 1.82) is 0 Å². The van der Waals surface area contributed by atoms with Crippen LogP contribution in [-0.2, 0) is 9.47 Å². The van der Waals surface area contributed by atoms with Gasteiger partial charge in [0.05, 0.1) is 25.4 Å². The molecular weight excluding hydrogens is 517 g/mol. The van der Waals surface area contributed by atoms with Crippen molar-refractivity contribution in [3.8, 4) is 5.75 Å². The van der Waals surface area contributed by atoms with Crippen molar-refractivity contribution in [3.63, 3.8) is 0 Å². The Balaban J connectivity index is 0.00000320. The second kappa shape index (κ2) is 14.3. The molecule has 0 saturated carbocycles. The predicted molar refractivity (Wildman–Crippen MR) is 132 cm³/mol. The Hall–Kier alpha value is -0.770. The largest absolute Gasteiger partial charge is 0.492 e. The van der Waals surface area contributed by atoms with Crippen LogP contribution < -0.4 is 10.1 Å². The Morgan fingerprint density at radius 1 is 1.20 bits per heavy atom. The van der Waals surface area contributed by atoms with Crippen LogP contribution >= 0.6 is 35.6 Å². The van der Waals surface area contributed by atoms with Crippen molar-refractivity contribution in [1.82, 2.24) is 10.2 Å². The van der Waals surface area contributed by atoms with Gasteiger partial charge in [-0.25, -0.2) is 4.99 Å². The third-order valence-corrected chi connectivity index (χ3v) is 5.56. The summed E-state index contributed by atoms with van der Waals surface area (Å²) in [6.45, 7) is 7.64. The third-order valence-electron chi connectivity index (χ3n) is 5.30. The van der Waals surface area contributed by atoms with Crippen LogP contribution in [0.2, 0.25) is 5.02 Å². The normalized spacial score (nSPS) is 20.5. The monoisotopic (exact) mass is 551 g/mol. The third kappa shape index (κ3) is 8.77. The quantitative estimate of drug-likeness (QED) is 0.225.